The van der Waals surface area contributed by atoms with Gasteiger partial charge in [-0.2, -0.15) is 13.2 Å². The Morgan fingerprint density at radius 2 is 2.10 bits per heavy atom. The number of halogens is 3. The number of alkyl halides is 3. The molecule has 20 heavy (non-hydrogen) atoms. The van der Waals surface area contributed by atoms with Crippen molar-refractivity contribution in [3.63, 3.8) is 0 Å². The molecule has 2 rings (SSSR count). The van der Waals surface area contributed by atoms with Gasteiger partial charge in [-0.3, -0.25) is 4.79 Å². The molecule has 1 amide bonds. The highest BCUT2D eigenvalue weighted by molar-refractivity contribution is 5.92. The van der Waals surface area contributed by atoms with E-state index >= 15 is 0 Å². The fourth-order valence-corrected chi connectivity index (χ4v) is 2.55. The van der Waals surface area contributed by atoms with E-state index in [9.17, 15) is 18.0 Å². The molecule has 0 aliphatic heterocycles. The minimum atomic E-state index is -4.18. The quantitative estimate of drug-likeness (QED) is 0.907. The molecule has 1 fully saturated rings. The molecule has 1 N–H and O–H groups in total. The standard InChI is InChI=1S/C14H17F3N2O/c1-9-4-2-7-12(18-9)13(20)19-11-6-3-5-10(8-11)14(15,16)17/h2,4,7,10-11H,3,5-6,8H2,1H3,(H,19,20)/t10-,11+/m0/s1. The SMILES string of the molecule is Cc1cccc(C(=O)N[C@@H]2CCC[C@H](C(F)(F)F)C2)n1. The van der Waals surface area contributed by atoms with Gasteiger partial charge in [-0.05, 0) is 38.3 Å². The Hall–Kier alpha value is -1.59. The summed E-state index contributed by atoms with van der Waals surface area (Å²) in [6, 6.07) is 4.60. The van der Waals surface area contributed by atoms with Crippen LogP contribution in [0, 0.1) is 12.8 Å². The number of nitrogens with zero attached hydrogens (tertiary/aromatic N) is 1. The Balaban J connectivity index is 1.98. The summed E-state index contributed by atoms with van der Waals surface area (Å²) in [7, 11) is 0. The summed E-state index contributed by atoms with van der Waals surface area (Å²) in [4.78, 5) is 16.0. The lowest BCUT2D eigenvalue weighted by Crippen LogP contribution is -2.41. The van der Waals surface area contributed by atoms with Crippen LogP contribution in [0.15, 0.2) is 18.2 Å². The minimum absolute atomic E-state index is 0.0406. The largest absolute Gasteiger partial charge is 0.391 e. The van der Waals surface area contributed by atoms with E-state index in [0.717, 1.165) is 0 Å². The van der Waals surface area contributed by atoms with Gasteiger partial charge in [-0.25, -0.2) is 4.98 Å². The lowest BCUT2D eigenvalue weighted by Gasteiger charge is -2.30. The normalized spacial score (nSPS) is 23.4. The topological polar surface area (TPSA) is 42.0 Å². The first-order chi connectivity index (χ1) is 9.36. The van der Waals surface area contributed by atoms with E-state index in [1.807, 2.05) is 0 Å². The second kappa shape index (κ2) is 5.81. The first kappa shape index (κ1) is 14.8. The summed E-state index contributed by atoms with van der Waals surface area (Å²) < 4.78 is 38.1. The van der Waals surface area contributed by atoms with Crippen LogP contribution in [0.25, 0.3) is 0 Å². The summed E-state index contributed by atoms with van der Waals surface area (Å²) in [5.74, 6) is -1.71. The van der Waals surface area contributed by atoms with Crippen LogP contribution in [0.2, 0.25) is 0 Å². The predicted octanol–water partition coefficient (Wildman–Crippen LogP) is 3.24. The number of carbonyl (C=O) groups is 1. The molecule has 1 aliphatic rings. The third kappa shape index (κ3) is 3.71. The molecule has 6 heteroatoms. The Morgan fingerprint density at radius 3 is 2.75 bits per heavy atom. The van der Waals surface area contributed by atoms with Gasteiger partial charge in [0.15, 0.2) is 0 Å². The molecular formula is C14H17F3N2O. The second-order valence-electron chi connectivity index (χ2n) is 5.24. The van der Waals surface area contributed by atoms with Gasteiger partial charge in [0.1, 0.15) is 5.69 Å². The van der Waals surface area contributed by atoms with Crippen molar-refractivity contribution in [2.45, 2.75) is 44.8 Å². The average Bonchev–Trinajstić information content (AvgIpc) is 2.38. The van der Waals surface area contributed by atoms with Crippen molar-refractivity contribution in [2.24, 2.45) is 5.92 Å². The third-order valence-electron chi connectivity index (χ3n) is 3.59. The molecule has 1 heterocycles. The summed E-state index contributed by atoms with van der Waals surface area (Å²) in [5.41, 5.74) is 0.952. The fourth-order valence-electron chi connectivity index (χ4n) is 2.55. The molecule has 1 aliphatic carbocycles. The van der Waals surface area contributed by atoms with Gasteiger partial charge in [0, 0.05) is 11.7 Å². The maximum atomic E-state index is 12.7. The van der Waals surface area contributed by atoms with Gasteiger partial charge >= 0.3 is 6.18 Å². The number of rotatable bonds is 2. The molecule has 0 unspecified atom stereocenters. The first-order valence-electron chi connectivity index (χ1n) is 6.67. The molecular weight excluding hydrogens is 269 g/mol. The van der Waals surface area contributed by atoms with E-state index < -0.39 is 24.0 Å². The zero-order valence-electron chi connectivity index (χ0n) is 11.2. The highest BCUT2D eigenvalue weighted by Gasteiger charge is 2.42. The van der Waals surface area contributed by atoms with Crippen LogP contribution in [0.5, 0.6) is 0 Å². The van der Waals surface area contributed by atoms with E-state index in [2.05, 4.69) is 10.3 Å². The molecule has 0 radical (unpaired) electrons. The Morgan fingerprint density at radius 1 is 1.35 bits per heavy atom. The number of carbonyl (C=O) groups excluding carboxylic acids is 1. The number of amides is 1. The fraction of sp³-hybridized carbons (Fsp3) is 0.571. The van der Waals surface area contributed by atoms with E-state index in [1.165, 1.54) is 0 Å². The third-order valence-corrected chi connectivity index (χ3v) is 3.59. The summed E-state index contributed by atoms with van der Waals surface area (Å²) in [5, 5.41) is 2.66. The van der Waals surface area contributed by atoms with Crippen LogP contribution >= 0.6 is 0 Å². The number of nitrogens with one attached hydrogen (secondary N) is 1. The predicted molar refractivity (Wildman–Crippen MR) is 68.2 cm³/mol. The monoisotopic (exact) mass is 286 g/mol. The summed E-state index contributed by atoms with van der Waals surface area (Å²) >= 11 is 0. The van der Waals surface area contributed by atoms with E-state index in [0.29, 0.717) is 18.5 Å². The van der Waals surface area contributed by atoms with Crippen molar-refractivity contribution >= 4 is 5.91 Å². The van der Waals surface area contributed by atoms with Crippen molar-refractivity contribution in [3.05, 3.63) is 29.6 Å². The van der Waals surface area contributed by atoms with Gasteiger partial charge in [-0.15, -0.1) is 0 Å². The first-order valence-corrected chi connectivity index (χ1v) is 6.67. The zero-order valence-corrected chi connectivity index (χ0v) is 11.2. The lowest BCUT2D eigenvalue weighted by atomic mass is 9.85. The molecule has 2 atom stereocenters. The molecule has 1 saturated carbocycles. The Bertz CT molecular complexity index is 488. The van der Waals surface area contributed by atoms with Gasteiger partial charge in [-0.1, -0.05) is 12.5 Å². The van der Waals surface area contributed by atoms with Crippen molar-refractivity contribution in [1.82, 2.24) is 10.3 Å². The van der Waals surface area contributed by atoms with Crippen LogP contribution < -0.4 is 5.32 Å². The van der Waals surface area contributed by atoms with Crippen LogP contribution in [0.3, 0.4) is 0 Å². The number of aromatic nitrogens is 1. The number of hydrogen-bond acceptors (Lipinski definition) is 2. The van der Waals surface area contributed by atoms with Crippen LogP contribution in [-0.2, 0) is 0 Å². The van der Waals surface area contributed by atoms with Crippen molar-refractivity contribution in [3.8, 4) is 0 Å². The maximum absolute atomic E-state index is 12.7. The second-order valence-corrected chi connectivity index (χ2v) is 5.24. The van der Waals surface area contributed by atoms with Gasteiger partial charge in [0.25, 0.3) is 5.91 Å². The van der Waals surface area contributed by atoms with E-state index in [1.54, 1.807) is 25.1 Å². The lowest BCUT2D eigenvalue weighted by molar-refractivity contribution is -0.183. The summed E-state index contributed by atoms with van der Waals surface area (Å²) in [6.45, 7) is 1.76. The average molecular weight is 286 g/mol. The highest BCUT2D eigenvalue weighted by atomic mass is 19.4. The zero-order chi connectivity index (χ0) is 14.8. The van der Waals surface area contributed by atoms with E-state index in [4.69, 9.17) is 0 Å². The maximum Gasteiger partial charge on any atom is 0.391 e. The van der Waals surface area contributed by atoms with Crippen molar-refractivity contribution in [2.75, 3.05) is 0 Å². The molecule has 0 aromatic carbocycles. The number of hydrogen-bond donors (Lipinski definition) is 1. The van der Waals surface area contributed by atoms with Gasteiger partial charge in [0.05, 0.1) is 5.92 Å². The van der Waals surface area contributed by atoms with Crippen molar-refractivity contribution in [1.29, 1.82) is 0 Å². The molecule has 1 aromatic heterocycles. The molecule has 110 valence electrons. The molecule has 3 nitrogen and oxygen atoms in total. The molecule has 0 saturated heterocycles. The molecule has 0 spiro atoms. The smallest absolute Gasteiger partial charge is 0.348 e. The van der Waals surface area contributed by atoms with Gasteiger partial charge in [0.2, 0.25) is 0 Å². The number of aryl methyl sites for hydroxylation is 1. The Kier molecular flexibility index (Phi) is 4.30. The summed E-state index contributed by atoms with van der Waals surface area (Å²) in [6.07, 6.45) is -2.99. The molecule has 0 bridgehead atoms. The molecule has 1 aromatic rings. The van der Waals surface area contributed by atoms with Crippen LogP contribution in [0.1, 0.15) is 41.9 Å². The van der Waals surface area contributed by atoms with Crippen LogP contribution in [-0.4, -0.2) is 23.1 Å². The van der Waals surface area contributed by atoms with E-state index in [-0.39, 0.29) is 18.5 Å². The van der Waals surface area contributed by atoms with Crippen molar-refractivity contribution < 1.29 is 18.0 Å². The Labute approximate surface area is 115 Å². The number of pyridine rings is 1. The minimum Gasteiger partial charge on any atom is -0.348 e. The van der Waals surface area contributed by atoms with Crippen LogP contribution in [0.4, 0.5) is 13.2 Å². The highest BCUT2D eigenvalue weighted by Crippen LogP contribution is 2.37. The van der Waals surface area contributed by atoms with Gasteiger partial charge < -0.3 is 5.32 Å².